The van der Waals surface area contributed by atoms with E-state index in [0.717, 1.165) is 36.5 Å². The highest BCUT2D eigenvalue weighted by Gasteiger charge is 2.37. The highest BCUT2D eigenvalue weighted by molar-refractivity contribution is 7.09. The zero-order valence-electron chi connectivity index (χ0n) is 13.1. The highest BCUT2D eigenvalue weighted by atomic mass is 32.1. The molecule has 1 aliphatic heterocycles. The Balaban J connectivity index is 1.56. The van der Waals surface area contributed by atoms with Gasteiger partial charge in [-0.1, -0.05) is 18.2 Å². The predicted molar refractivity (Wildman–Crippen MR) is 88.4 cm³/mol. The fourth-order valence-corrected chi connectivity index (χ4v) is 3.62. The third-order valence-electron chi connectivity index (χ3n) is 4.21. The minimum atomic E-state index is -0.763. The predicted octanol–water partition coefficient (Wildman–Crippen LogP) is 2.78. The first-order valence-electron chi connectivity index (χ1n) is 7.58. The average Bonchev–Trinajstić information content (AvgIpc) is 3.06. The topological polar surface area (TPSA) is 45.6 Å². The Hall–Kier alpha value is -1.43. The van der Waals surface area contributed by atoms with Crippen molar-refractivity contribution in [2.24, 2.45) is 0 Å². The van der Waals surface area contributed by atoms with E-state index in [1.54, 1.807) is 11.3 Å². The molecule has 1 N–H and O–H groups in total. The molecule has 1 atom stereocenters. The maximum Gasteiger partial charge on any atom is 0.122 e. The van der Waals surface area contributed by atoms with Crippen LogP contribution >= 0.6 is 11.3 Å². The number of aliphatic hydroxyl groups is 1. The molecule has 0 amide bonds. The maximum atomic E-state index is 10.7. The number of hydrogen-bond donors (Lipinski definition) is 1. The van der Waals surface area contributed by atoms with Gasteiger partial charge in [-0.2, -0.15) is 0 Å². The van der Waals surface area contributed by atoms with Crippen LogP contribution in [0.15, 0.2) is 29.8 Å². The van der Waals surface area contributed by atoms with Gasteiger partial charge in [0.25, 0.3) is 0 Å². The second-order valence-electron chi connectivity index (χ2n) is 6.10. The van der Waals surface area contributed by atoms with Gasteiger partial charge in [-0.15, -0.1) is 11.3 Å². The molecule has 1 fully saturated rings. The molecule has 0 aliphatic carbocycles. The minimum Gasteiger partial charge on any atom is -0.490 e. The number of benzene rings is 1. The summed E-state index contributed by atoms with van der Waals surface area (Å²) in [6, 6.07) is 7.92. The molecule has 1 saturated heterocycles. The SMILES string of the molecule is Cc1ccccc1OCC1(O)CCN(Cc2scnc2C)C1. The molecule has 1 aromatic heterocycles. The smallest absolute Gasteiger partial charge is 0.122 e. The van der Waals surface area contributed by atoms with E-state index in [-0.39, 0.29) is 0 Å². The lowest BCUT2D eigenvalue weighted by Crippen LogP contribution is -2.39. The van der Waals surface area contributed by atoms with Crippen LogP contribution in [0.5, 0.6) is 5.75 Å². The second kappa shape index (κ2) is 6.36. The molecule has 22 heavy (non-hydrogen) atoms. The molecule has 0 saturated carbocycles. The molecule has 5 heteroatoms. The number of nitrogens with zero attached hydrogens (tertiary/aromatic N) is 2. The van der Waals surface area contributed by atoms with E-state index in [4.69, 9.17) is 4.74 Å². The summed E-state index contributed by atoms with van der Waals surface area (Å²) in [5.74, 6) is 0.854. The third-order valence-corrected chi connectivity index (χ3v) is 5.13. The molecule has 4 nitrogen and oxygen atoms in total. The minimum absolute atomic E-state index is 0.343. The van der Waals surface area contributed by atoms with Gasteiger partial charge in [-0.3, -0.25) is 4.90 Å². The molecule has 0 spiro atoms. The van der Waals surface area contributed by atoms with Crippen molar-refractivity contribution in [3.05, 3.63) is 45.9 Å². The number of hydrogen-bond acceptors (Lipinski definition) is 5. The van der Waals surface area contributed by atoms with E-state index in [1.807, 2.05) is 43.6 Å². The second-order valence-corrected chi connectivity index (χ2v) is 7.04. The van der Waals surface area contributed by atoms with Gasteiger partial charge in [0.05, 0.1) is 11.2 Å². The van der Waals surface area contributed by atoms with E-state index in [0.29, 0.717) is 13.2 Å². The summed E-state index contributed by atoms with van der Waals surface area (Å²) < 4.78 is 5.84. The van der Waals surface area contributed by atoms with Gasteiger partial charge in [0.15, 0.2) is 0 Å². The Kier molecular flexibility index (Phi) is 4.47. The molecule has 2 aromatic rings. The first kappa shape index (κ1) is 15.5. The number of para-hydroxylation sites is 1. The van der Waals surface area contributed by atoms with E-state index < -0.39 is 5.60 Å². The van der Waals surface area contributed by atoms with Crippen LogP contribution in [-0.2, 0) is 6.54 Å². The number of aryl methyl sites for hydroxylation is 2. The van der Waals surface area contributed by atoms with Crippen molar-refractivity contribution in [2.75, 3.05) is 19.7 Å². The Morgan fingerprint density at radius 2 is 2.18 bits per heavy atom. The van der Waals surface area contributed by atoms with Crippen LogP contribution in [0.1, 0.15) is 22.6 Å². The number of likely N-dealkylation sites (tertiary alicyclic amines) is 1. The lowest BCUT2D eigenvalue weighted by Gasteiger charge is -2.24. The number of aromatic nitrogens is 1. The van der Waals surface area contributed by atoms with Crippen molar-refractivity contribution in [2.45, 2.75) is 32.4 Å². The van der Waals surface area contributed by atoms with Gasteiger partial charge in [0.1, 0.15) is 18.0 Å². The number of thiazole rings is 1. The summed E-state index contributed by atoms with van der Waals surface area (Å²) in [6.07, 6.45) is 0.747. The molecule has 1 unspecified atom stereocenters. The van der Waals surface area contributed by atoms with E-state index >= 15 is 0 Å². The Labute approximate surface area is 135 Å². The van der Waals surface area contributed by atoms with E-state index in [2.05, 4.69) is 9.88 Å². The Morgan fingerprint density at radius 1 is 1.36 bits per heavy atom. The first-order chi connectivity index (χ1) is 10.6. The Bertz CT molecular complexity index is 643. The zero-order valence-corrected chi connectivity index (χ0v) is 13.9. The molecular weight excluding hydrogens is 296 g/mol. The van der Waals surface area contributed by atoms with Crippen molar-refractivity contribution < 1.29 is 9.84 Å². The summed E-state index contributed by atoms with van der Waals surface area (Å²) in [5, 5.41) is 10.7. The molecule has 118 valence electrons. The van der Waals surface area contributed by atoms with Crippen LogP contribution in [0.4, 0.5) is 0 Å². The monoisotopic (exact) mass is 318 g/mol. The van der Waals surface area contributed by atoms with Gasteiger partial charge >= 0.3 is 0 Å². The molecule has 2 heterocycles. The van der Waals surface area contributed by atoms with Crippen LogP contribution in [0.2, 0.25) is 0 Å². The van der Waals surface area contributed by atoms with E-state index in [1.165, 1.54) is 4.88 Å². The normalized spacial score (nSPS) is 22.1. The largest absolute Gasteiger partial charge is 0.490 e. The summed E-state index contributed by atoms with van der Waals surface area (Å²) in [5.41, 5.74) is 3.31. The quantitative estimate of drug-likeness (QED) is 0.921. The summed E-state index contributed by atoms with van der Waals surface area (Å²) in [4.78, 5) is 7.85. The summed E-state index contributed by atoms with van der Waals surface area (Å²) in [6.45, 7) is 6.81. The number of ether oxygens (including phenoxy) is 1. The van der Waals surface area contributed by atoms with Crippen LogP contribution in [-0.4, -0.2) is 40.3 Å². The van der Waals surface area contributed by atoms with Crippen LogP contribution in [0.3, 0.4) is 0 Å². The highest BCUT2D eigenvalue weighted by Crippen LogP contribution is 2.26. The molecule has 1 aliphatic rings. The van der Waals surface area contributed by atoms with Crippen LogP contribution < -0.4 is 4.74 Å². The lowest BCUT2D eigenvalue weighted by atomic mass is 10.1. The average molecular weight is 318 g/mol. The van der Waals surface area contributed by atoms with Gasteiger partial charge in [-0.25, -0.2) is 4.98 Å². The fourth-order valence-electron chi connectivity index (χ4n) is 2.80. The summed E-state index contributed by atoms with van der Waals surface area (Å²) in [7, 11) is 0. The molecule has 0 bridgehead atoms. The van der Waals surface area contributed by atoms with Gasteiger partial charge in [-0.05, 0) is 31.9 Å². The van der Waals surface area contributed by atoms with Crippen molar-refractivity contribution in [3.8, 4) is 5.75 Å². The fraction of sp³-hybridized carbons (Fsp3) is 0.471. The number of rotatable bonds is 5. The summed E-state index contributed by atoms with van der Waals surface area (Å²) >= 11 is 1.68. The van der Waals surface area contributed by atoms with E-state index in [9.17, 15) is 5.11 Å². The maximum absolute atomic E-state index is 10.7. The lowest BCUT2D eigenvalue weighted by molar-refractivity contribution is 0.00325. The van der Waals surface area contributed by atoms with Crippen LogP contribution in [0.25, 0.3) is 0 Å². The zero-order chi connectivity index (χ0) is 15.6. The van der Waals surface area contributed by atoms with Crippen molar-refractivity contribution in [1.29, 1.82) is 0 Å². The van der Waals surface area contributed by atoms with Crippen LogP contribution in [0, 0.1) is 13.8 Å². The van der Waals surface area contributed by atoms with Gasteiger partial charge in [0.2, 0.25) is 0 Å². The van der Waals surface area contributed by atoms with Gasteiger partial charge in [0, 0.05) is 24.5 Å². The first-order valence-corrected chi connectivity index (χ1v) is 8.46. The number of β-amino-alcohol motifs (C(OH)–C–C–N with tert-alkyl or cyclic N) is 1. The molecular formula is C17H22N2O2S. The van der Waals surface area contributed by atoms with Gasteiger partial charge < -0.3 is 9.84 Å². The van der Waals surface area contributed by atoms with Crippen molar-refractivity contribution in [1.82, 2.24) is 9.88 Å². The molecule has 1 aromatic carbocycles. The third kappa shape index (κ3) is 3.48. The Morgan fingerprint density at radius 3 is 2.91 bits per heavy atom. The molecule has 0 radical (unpaired) electrons. The van der Waals surface area contributed by atoms with Crippen molar-refractivity contribution >= 4 is 11.3 Å². The molecule has 3 rings (SSSR count). The van der Waals surface area contributed by atoms with Crippen molar-refractivity contribution in [3.63, 3.8) is 0 Å². The standard InChI is InChI=1S/C17H22N2O2S/c1-13-5-3-4-6-15(13)21-11-17(20)7-8-19(10-17)9-16-14(2)18-12-22-16/h3-6,12,20H,7-11H2,1-2H3.